The van der Waals surface area contributed by atoms with Gasteiger partial charge in [0.25, 0.3) is 0 Å². The maximum absolute atomic E-state index is 6.60. The molecule has 0 amide bonds. The van der Waals surface area contributed by atoms with Gasteiger partial charge in [-0.1, -0.05) is 32.9 Å². The maximum atomic E-state index is 6.60. The number of hydrogen-bond acceptors (Lipinski definition) is 1. The highest BCUT2D eigenvalue weighted by molar-refractivity contribution is 6.74. The quantitative estimate of drug-likeness (QED) is 0.527. The highest BCUT2D eigenvalue weighted by Gasteiger charge is 2.57. The van der Waals surface area contributed by atoms with Crippen molar-refractivity contribution >= 4 is 8.32 Å². The largest absolute Gasteiger partial charge is 0.410 e. The van der Waals surface area contributed by atoms with Gasteiger partial charge in [-0.3, -0.25) is 0 Å². The lowest BCUT2D eigenvalue weighted by Crippen LogP contribution is -2.44. The second-order valence-electron chi connectivity index (χ2n) is 7.85. The van der Waals surface area contributed by atoms with Crippen LogP contribution in [-0.2, 0) is 4.43 Å². The predicted molar refractivity (Wildman–Crippen MR) is 74.4 cm³/mol. The van der Waals surface area contributed by atoms with Crippen LogP contribution in [-0.4, -0.2) is 14.4 Å². The van der Waals surface area contributed by atoms with Crippen molar-refractivity contribution in [3.8, 4) is 0 Å². The SMILES string of the molecule is CC(C)(C)[Si](C)(C)O[C@H]1C=C[C@@H]2C[C@@H]2[C@H]2C[C@@H]21. The van der Waals surface area contributed by atoms with E-state index >= 15 is 0 Å². The summed E-state index contributed by atoms with van der Waals surface area (Å²) in [7, 11) is -1.59. The van der Waals surface area contributed by atoms with Crippen LogP contribution in [0.2, 0.25) is 18.1 Å². The lowest BCUT2D eigenvalue weighted by atomic mass is 10.1. The van der Waals surface area contributed by atoms with Gasteiger partial charge in [0.15, 0.2) is 8.32 Å². The third-order valence-corrected chi connectivity index (χ3v) is 10.0. The van der Waals surface area contributed by atoms with Crippen molar-refractivity contribution in [3.05, 3.63) is 12.2 Å². The second-order valence-corrected chi connectivity index (χ2v) is 12.6. The average molecular weight is 250 g/mol. The first-order chi connectivity index (χ1) is 7.79. The summed E-state index contributed by atoms with van der Waals surface area (Å²) in [6.45, 7) is 11.8. The van der Waals surface area contributed by atoms with Crippen LogP contribution in [0, 0.1) is 23.7 Å². The summed E-state index contributed by atoms with van der Waals surface area (Å²) >= 11 is 0. The van der Waals surface area contributed by atoms with E-state index in [0.29, 0.717) is 11.1 Å². The number of hydrogen-bond donors (Lipinski definition) is 0. The molecule has 3 rings (SSSR count). The van der Waals surface area contributed by atoms with Crippen LogP contribution in [0.3, 0.4) is 0 Å². The summed E-state index contributed by atoms with van der Waals surface area (Å²) in [5, 5.41) is 0.334. The zero-order valence-electron chi connectivity index (χ0n) is 11.9. The molecule has 3 aliphatic carbocycles. The minimum absolute atomic E-state index is 0.334. The van der Waals surface area contributed by atoms with Crippen LogP contribution in [0.25, 0.3) is 0 Å². The Kier molecular flexibility index (Phi) is 2.45. The standard InChI is InChI=1S/C15H26OSi/c1-15(2,3)17(4,5)16-14-7-6-10-8-11(10)12-9-13(12)14/h6-7,10-14H,8-9H2,1-5H3/t10-,11+,12-,13+,14+/m1/s1. The van der Waals surface area contributed by atoms with Crippen molar-refractivity contribution < 1.29 is 4.43 Å². The predicted octanol–water partition coefficient (Wildman–Crippen LogP) is 4.22. The van der Waals surface area contributed by atoms with E-state index < -0.39 is 8.32 Å². The molecule has 5 atom stereocenters. The molecule has 2 heteroatoms. The number of rotatable bonds is 2. The van der Waals surface area contributed by atoms with Crippen LogP contribution >= 0.6 is 0 Å². The molecule has 17 heavy (non-hydrogen) atoms. The molecular formula is C15H26OSi. The third kappa shape index (κ3) is 2.04. The molecular weight excluding hydrogens is 224 g/mol. The first-order valence-corrected chi connectivity index (χ1v) is 10.1. The van der Waals surface area contributed by atoms with Crippen LogP contribution in [0.4, 0.5) is 0 Å². The van der Waals surface area contributed by atoms with E-state index in [1.807, 2.05) is 0 Å². The summed E-state index contributed by atoms with van der Waals surface area (Å²) in [5.41, 5.74) is 0. The summed E-state index contributed by atoms with van der Waals surface area (Å²) in [6, 6.07) is 0. The van der Waals surface area contributed by atoms with E-state index in [-0.39, 0.29) is 0 Å². The van der Waals surface area contributed by atoms with Crippen LogP contribution < -0.4 is 0 Å². The van der Waals surface area contributed by atoms with Crippen molar-refractivity contribution in [2.24, 2.45) is 23.7 Å². The molecule has 0 aromatic carbocycles. The summed E-state index contributed by atoms with van der Waals surface area (Å²) in [4.78, 5) is 0. The molecule has 2 saturated carbocycles. The van der Waals surface area contributed by atoms with Crippen molar-refractivity contribution in [2.75, 3.05) is 0 Å². The lowest BCUT2D eigenvalue weighted by molar-refractivity contribution is 0.196. The Balaban J connectivity index is 1.71. The Labute approximate surface area is 107 Å². The van der Waals surface area contributed by atoms with Gasteiger partial charge < -0.3 is 4.43 Å². The fraction of sp³-hybridized carbons (Fsp3) is 0.867. The van der Waals surface area contributed by atoms with Crippen molar-refractivity contribution in [1.82, 2.24) is 0 Å². The Morgan fingerprint density at radius 2 is 1.71 bits per heavy atom. The molecule has 2 fully saturated rings. The minimum atomic E-state index is -1.59. The number of allylic oxidation sites excluding steroid dienone is 1. The molecule has 3 aliphatic rings. The van der Waals surface area contributed by atoms with E-state index in [0.717, 1.165) is 23.7 Å². The topological polar surface area (TPSA) is 9.23 Å². The maximum Gasteiger partial charge on any atom is 0.192 e. The van der Waals surface area contributed by atoms with Gasteiger partial charge in [0.1, 0.15) is 0 Å². The molecule has 0 aromatic heterocycles. The fourth-order valence-electron chi connectivity index (χ4n) is 3.09. The Morgan fingerprint density at radius 1 is 1.00 bits per heavy atom. The van der Waals surface area contributed by atoms with Gasteiger partial charge in [-0.25, -0.2) is 0 Å². The van der Waals surface area contributed by atoms with E-state index in [9.17, 15) is 0 Å². The van der Waals surface area contributed by atoms with Crippen LogP contribution in [0.15, 0.2) is 12.2 Å². The van der Waals surface area contributed by atoms with Crippen molar-refractivity contribution in [1.29, 1.82) is 0 Å². The zero-order valence-corrected chi connectivity index (χ0v) is 12.9. The molecule has 0 N–H and O–H groups in total. The lowest BCUT2D eigenvalue weighted by Gasteiger charge is -2.38. The van der Waals surface area contributed by atoms with Crippen molar-refractivity contribution in [3.63, 3.8) is 0 Å². The van der Waals surface area contributed by atoms with Gasteiger partial charge in [-0.15, -0.1) is 0 Å². The van der Waals surface area contributed by atoms with E-state index in [2.05, 4.69) is 46.0 Å². The van der Waals surface area contributed by atoms with Gasteiger partial charge in [-0.2, -0.15) is 0 Å². The summed E-state index contributed by atoms with van der Waals surface area (Å²) < 4.78 is 6.60. The molecule has 0 aliphatic heterocycles. The molecule has 0 radical (unpaired) electrons. The molecule has 1 nitrogen and oxygen atoms in total. The average Bonchev–Trinajstić information content (AvgIpc) is 2.98. The Bertz CT molecular complexity index is 352. The molecule has 0 heterocycles. The van der Waals surface area contributed by atoms with E-state index in [1.165, 1.54) is 12.8 Å². The third-order valence-electron chi connectivity index (χ3n) is 5.54. The number of fused-ring (bicyclic) bond motifs is 3. The van der Waals surface area contributed by atoms with Crippen LogP contribution in [0.5, 0.6) is 0 Å². The monoisotopic (exact) mass is 250 g/mol. The van der Waals surface area contributed by atoms with E-state index in [1.54, 1.807) is 0 Å². The Hall–Kier alpha value is -0.0831. The molecule has 0 bridgehead atoms. The summed E-state index contributed by atoms with van der Waals surface area (Å²) in [6.07, 6.45) is 8.20. The van der Waals surface area contributed by atoms with Gasteiger partial charge in [0, 0.05) is 0 Å². The summed E-state index contributed by atoms with van der Waals surface area (Å²) in [5.74, 6) is 3.81. The van der Waals surface area contributed by atoms with Gasteiger partial charge in [0.2, 0.25) is 0 Å². The van der Waals surface area contributed by atoms with Crippen molar-refractivity contribution in [2.45, 2.75) is 57.8 Å². The Morgan fingerprint density at radius 3 is 2.35 bits per heavy atom. The second kappa shape index (κ2) is 3.48. The van der Waals surface area contributed by atoms with Gasteiger partial charge in [0.05, 0.1) is 6.10 Å². The first kappa shape index (κ1) is 12.0. The normalized spacial score (nSPS) is 43.7. The van der Waals surface area contributed by atoms with Gasteiger partial charge in [-0.05, 0) is 54.6 Å². The molecule has 0 saturated heterocycles. The zero-order chi connectivity index (χ0) is 12.4. The molecule has 0 aromatic rings. The van der Waals surface area contributed by atoms with Gasteiger partial charge >= 0.3 is 0 Å². The first-order valence-electron chi connectivity index (χ1n) is 7.16. The minimum Gasteiger partial charge on any atom is -0.410 e. The molecule has 0 unspecified atom stereocenters. The van der Waals surface area contributed by atoms with Crippen LogP contribution in [0.1, 0.15) is 33.6 Å². The highest BCUT2D eigenvalue weighted by Crippen LogP contribution is 2.62. The smallest absolute Gasteiger partial charge is 0.192 e. The molecule has 96 valence electrons. The van der Waals surface area contributed by atoms with E-state index in [4.69, 9.17) is 4.43 Å². The fourth-order valence-corrected chi connectivity index (χ4v) is 4.38. The highest BCUT2D eigenvalue weighted by atomic mass is 28.4. The molecule has 0 spiro atoms.